The summed E-state index contributed by atoms with van der Waals surface area (Å²) in [5.41, 5.74) is 3.30. The van der Waals surface area contributed by atoms with Crippen molar-refractivity contribution in [3.8, 4) is 17.2 Å². The van der Waals surface area contributed by atoms with Crippen molar-refractivity contribution in [3.05, 3.63) is 115 Å². The molecule has 0 amide bonds. The van der Waals surface area contributed by atoms with Gasteiger partial charge in [0.2, 0.25) is 0 Å². The molecule has 3 aromatic rings. The zero-order valence-electron chi connectivity index (χ0n) is 18.9. The predicted octanol–water partition coefficient (Wildman–Crippen LogP) is 5.65. The van der Waals surface area contributed by atoms with Crippen LogP contribution in [0.2, 0.25) is 0 Å². The Bertz CT molecular complexity index is 925. The van der Waals surface area contributed by atoms with Crippen molar-refractivity contribution in [2.75, 3.05) is 26.4 Å². The average molecular weight is 434 g/mol. The standard InChI is InChI=1S/C27H28O5/c1-3-29-17-19-31-25-13-7-22(8-14-25)27(21-5-11-24(28)12-6-21)23-9-15-26(16-10-23)32-20-18-30-4-2/h3-16,27-28H,1-2,17-20H2/i/hD. The van der Waals surface area contributed by atoms with Crippen LogP contribution in [0, 0.1) is 0 Å². The van der Waals surface area contributed by atoms with Crippen molar-refractivity contribution >= 4 is 0 Å². The number of hydrogen-bond donors (Lipinski definition) is 1. The minimum Gasteiger partial charge on any atom is -0.508 e. The van der Waals surface area contributed by atoms with E-state index in [1.165, 1.54) is 12.5 Å². The van der Waals surface area contributed by atoms with Crippen molar-refractivity contribution in [2.24, 2.45) is 0 Å². The lowest BCUT2D eigenvalue weighted by Crippen LogP contribution is -2.06. The summed E-state index contributed by atoms with van der Waals surface area (Å²) in [5, 5.41) is 4.59. The number of phenolic OH excluding ortho intramolecular Hbond substituents is 1. The molecule has 32 heavy (non-hydrogen) atoms. The number of hydrogen-bond acceptors (Lipinski definition) is 5. The fourth-order valence-electron chi connectivity index (χ4n) is 3.33. The molecular weight excluding hydrogens is 404 g/mol. The molecule has 0 aliphatic carbocycles. The molecule has 5 nitrogen and oxygen atoms in total. The summed E-state index contributed by atoms with van der Waals surface area (Å²) in [4.78, 5) is 0. The summed E-state index contributed by atoms with van der Waals surface area (Å²) in [6.45, 7) is 8.83. The number of aromatic hydroxyl groups is 1. The van der Waals surface area contributed by atoms with Gasteiger partial charge in [-0.1, -0.05) is 49.6 Å². The van der Waals surface area contributed by atoms with E-state index in [-0.39, 0.29) is 5.92 Å². The Hall–Kier alpha value is -3.86. The third-order valence-corrected chi connectivity index (χ3v) is 4.82. The highest BCUT2D eigenvalue weighted by atomic mass is 16.5. The molecule has 0 saturated carbocycles. The highest BCUT2D eigenvalue weighted by molar-refractivity contribution is 5.46. The molecule has 0 saturated heterocycles. The van der Waals surface area contributed by atoms with Gasteiger partial charge in [0.1, 0.15) is 43.7 Å². The van der Waals surface area contributed by atoms with Gasteiger partial charge < -0.3 is 24.1 Å². The Morgan fingerprint density at radius 3 is 1.44 bits per heavy atom. The molecule has 0 radical (unpaired) electrons. The highest BCUT2D eigenvalue weighted by Gasteiger charge is 2.17. The molecule has 0 atom stereocenters. The van der Waals surface area contributed by atoms with Crippen LogP contribution in [-0.2, 0) is 9.47 Å². The second kappa shape index (κ2) is 12.1. The zero-order chi connectivity index (χ0) is 23.3. The average Bonchev–Trinajstić information content (AvgIpc) is 2.87. The van der Waals surface area contributed by atoms with Gasteiger partial charge in [0.15, 0.2) is 0 Å². The van der Waals surface area contributed by atoms with E-state index in [0.29, 0.717) is 32.2 Å². The number of rotatable bonds is 14. The Kier molecular flexibility index (Phi) is 8.09. The number of phenols is 1. The zero-order valence-corrected chi connectivity index (χ0v) is 17.9. The van der Waals surface area contributed by atoms with Gasteiger partial charge in [0, 0.05) is 5.92 Å². The van der Waals surface area contributed by atoms with Crippen molar-refractivity contribution in [1.82, 2.24) is 0 Å². The van der Waals surface area contributed by atoms with Crippen LogP contribution in [0.25, 0.3) is 0 Å². The fourth-order valence-corrected chi connectivity index (χ4v) is 3.33. The van der Waals surface area contributed by atoms with Gasteiger partial charge in [0.25, 0.3) is 1.43 Å². The molecule has 0 spiro atoms. The summed E-state index contributed by atoms with van der Waals surface area (Å²) in [6, 6.07) is 23.6. The Labute approximate surface area is 190 Å². The quantitative estimate of drug-likeness (QED) is 0.202. The lowest BCUT2D eigenvalue weighted by Gasteiger charge is -2.20. The van der Waals surface area contributed by atoms with Crippen molar-refractivity contribution in [2.45, 2.75) is 5.92 Å². The first-order valence-corrected chi connectivity index (χ1v) is 10.4. The summed E-state index contributed by atoms with van der Waals surface area (Å²) in [7, 11) is 0. The molecule has 1 N–H and O–H groups in total. The minimum absolute atomic E-state index is 0.0129. The minimum atomic E-state index is -0.0129. The highest BCUT2D eigenvalue weighted by Crippen LogP contribution is 2.34. The molecule has 0 aliphatic rings. The maximum atomic E-state index is 7.10. The molecule has 5 heteroatoms. The predicted molar refractivity (Wildman–Crippen MR) is 125 cm³/mol. The molecule has 3 aromatic carbocycles. The first-order chi connectivity index (χ1) is 16.2. The maximum absolute atomic E-state index is 7.10. The lowest BCUT2D eigenvalue weighted by atomic mass is 9.85. The van der Waals surface area contributed by atoms with E-state index in [1.807, 2.05) is 36.4 Å². The topological polar surface area (TPSA) is 57.2 Å². The van der Waals surface area contributed by atoms with Gasteiger partial charge in [-0.3, -0.25) is 0 Å². The van der Waals surface area contributed by atoms with E-state index < -0.39 is 0 Å². The summed E-state index contributed by atoms with van der Waals surface area (Å²) < 4.78 is 28.7. The van der Waals surface area contributed by atoms with Crippen molar-refractivity contribution < 1.29 is 24.1 Å². The van der Waals surface area contributed by atoms with Crippen molar-refractivity contribution in [1.29, 1.82) is 1.43 Å². The molecule has 0 heterocycles. The van der Waals surface area contributed by atoms with E-state index in [0.717, 1.165) is 28.2 Å². The summed E-state index contributed by atoms with van der Waals surface area (Å²) >= 11 is 0. The first-order valence-electron chi connectivity index (χ1n) is 10.8. The van der Waals surface area contributed by atoms with Gasteiger partial charge in [-0.15, -0.1) is 0 Å². The third kappa shape index (κ3) is 6.57. The Morgan fingerprint density at radius 1 is 0.656 bits per heavy atom. The molecule has 0 unspecified atom stereocenters. The van der Waals surface area contributed by atoms with E-state index in [1.54, 1.807) is 12.1 Å². The van der Waals surface area contributed by atoms with Gasteiger partial charge in [-0.25, -0.2) is 0 Å². The number of benzene rings is 3. The molecule has 0 bridgehead atoms. The smallest absolute Gasteiger partial charge is 0.293 e. The van der Waals surface area contributed by atoms with Crippen LogP contribution in [0.3, 0.4) is 0 Å². The van der Waals surface area contributed by atoms with Crippen LogP contribution < -0.4 is 9.47 Å². The van der Waals surface area contributed by atoms with Gasteiger partial charge in [0.05, 0.1) is 12.5 Å². The van der Waals surface area contributed by atoms with Gasteiger partial charge >= 0.3 is 0 Å². The van der Waals surface area contributed by atoms with E-state index >= 15 is 0 Å². The fraction of sp³-hybridized carbons (Fsp3) is 0.185. The van der Waals surface area contributed by atoms with E-state index in [9.17, 15) is 0 Å². The molecule has 0 aliphatic heterocycles. The molecular formula is C27H28O5. The first kappa shape index (κ1) is 21.4. The Morgan fingerprint density at radius 2 is 1.06 bits per heavy atom. The van der Waals surface area contributed by atoms with Crippen molar-refractivity contribution in [3.63, 3.8) is 0 Å². The van der Waals surface area contributed by atoms with Crippen LogP contribution in [0.1, 0.15) is 22.6 Å². The van der Waals surface area contributed by atoms with Crippen LogP contribution in [-0.4, -0.2) is 33.0 Å². The lowest BCUT2D eigenvalue weighted by molar-refractivity contribution is 0.179. The maximum Gasteiger partial charge on any atom is 0.293 e. The van der Waals surface area contributed by atoms with Crippen LogP contribution in [0.15, 0.2) is 98.5 Å². The normalized spacial score (nSPS) is 10.7. The second-order valence-corrected chi connectivity index (χ2v) is 6.91. The largest absolute Gasteiger partial charge is 0.508 e. The van der Waals surface area contributed by atoms with Crippen LogP contribution >= 0.6 is 0 Å². The second-order valence-electron chi connectivity index (χ2n) is 6.91. The van der Waals surface area contributed by atoms with Crippen LogP contribution in [0.5, 0.6) is 17.2 Å². The van der Waals surface area contributed by atoms with Gasteiger partial charge in [-0.05, 0) is 53.1 Å². The number of ether oxygens (including phenoxy) is 4. The summed E-state index contributed by atoms with van der Waals surface area (Å²) in [5.74, 6) is 2.02. The molecule has 0 fully saturated rings. The monoisotopic (exact) mass is 433 g/mol. The molecule has 0 aromatic heterocycles. The van der Waals surface area contributed by atoms with E-state index in [2.05, 4.69) is 42.5 Å². The van der Waals surface area contributed by atoms with Gasteiger partial charge in [-0.2, -0.15) is 0 Å². The Balaban J connectivity index is 1.81. The SMILES string of the molecule is [2H]Oc1ccc(C(c2ccc(OCCOC=C)cc2)c2ccc(OCCOC=C)cc2)cc1. The summed E-state index contributed by atoms with van der Waals surface area (Å²) in [6.07, 6.45) is 2.80. The van der Waals surface area contributed by atoms with Crippen LogP contribution in [0.4, 0.5) is 0 Å². The van der Waals surface area contributed by atoms with E-state index in [4.69, 9.17) is 20.4 Å². The third-order valence-electron chi connectivity index (χ3n) is 4.82. The molecule has 3 rings (SSSR count). The molecule has 166 valence electrons.